The predicted octanol–water partition coefficient (Wildman–Crippen LogP) is 2.78. The molecule has 0 aromatic rings. The van der Waals surface area contributed by atoms with Crippen molar-refractivity contribution in [1.29, 1.82) is 5.26 Å². The van der Waals surface area contributed by atoms with Crippen LogP contribution in [0, 0.1) is 22.7 Å². The summed E-state index contributed by atoms with van der Waals surface area (Å²) in [5, 5.41) is 12.9. The molecular formula is C16H29N3. The summed E-state index contributed by atoms with van der Waals surface area (Å²) >= 11 is 0. The number of piperidine rings is 1. The second kappa shape index (κ2) is 5.42. The number of nitrogens with one attached hydrogen (secondary N) is 1. The van der Waals surface area contributed by atoms with Crippen LogP contribution in [0.3, 0.4) is 0 Å². The zero-order valence-corrected chi connectivity index (χ0v) is 13.0. The first-order chi connectivity index (χ1) is 8.82. The second-order valence-corrected chi connectivity index (χ2v) is 7.78. The monoisotopic (exact) mass is 263 g/mol. The summed E-state index contributed by atoms with van der Waals surface area (Å²) in [5.41, 5.74) is 0.0621. The van der Waals surface area contributed by atoms with Crippen LogP contribution in [0.15, 0.2) is 0 Å². The van der Waals surface area contributed by atoms with Crippen LogP contribution in [0.25, 0.3) is 0 Å². The Bertz CT molecular complexity index is 340. The molecule has 19 heavy (non-hydrogen) atoms. The molecule has 0 aromatic carbocycles. The SMILES string of the molecule is CC(C#N)(CN1CCC(C(C)(C)C)CC1)NC1CC1. The molecule has 1 aliphatic carbocycles. The highest BCUT2D eigenvalue weighted by atomic mass is 15.2. The van der Waals surface area contributed by atoms with Gasteiger partial charge in [0, 0.05) is 12.6 Å². The van der Waals surface area contributed by atoms with Crippen LogP contribution >= 0.6 is 0 Å². The number of nitriles is 1. The first kappa shape index (κ1) is 14.8. The van der Waals surface area contributed by atoms with E-state index in [4.69, 9.17) is 0 Å². The van der Waals surface area contributed by atoms with Gasteiger partial charge in [-0.3, -0.25) is 5.32 Å². The van der Waals surface area contributed by atoms with Crippen molar-refractivity contribution in [3.8, 4) is 6.07 Å². The molecule has 108 valence electrons. The molecule has 2 rings (SSSR count). The Kier molecular flexibility index (Phi) is 4.23. The van der Waals surface area contributed by atoms with Crippen molar-refractivity contribution in [3.05, 3.63) is 0 Å². The summed E-state index contributed by atoms with van der Waals surface area (Å²) < 4.78 is 0. The van der Waals surface area contributed by atoms with E-state index in [0.29, 0.717) is 11.5 Å². The maximum atomic E-state index is 9.43. The van der Waals surface area contributed by atoms with Crippen molar-refractivity contribution < 1.29 is 0 Å². The number of hydrogen-bond acceptors (Lipinski definition) is 3. The van der Waals surface area contributed by atoms with E-state index in [1.165, 1.54) is 25.7 Å². The first-order valence-corrected chi connectivity index (χ1v) is 7.74. The molecule has 3 nitrogen and oxygen atoms in total. The maximum Gasteiger partial charge on any atom is 0.116 e. The molecular weight excluding hydrogens is 234 g/mol. The van der Waals surface area contributed by atoms with Crippen molar-refractivity contribution >= 4 is 0 Å². The van der Waals surface area contributed by atoms with Crippen LogP contribution in [0.1, 0.15) is 53.4 Å². The molecule has 1 unspecified atom stereocenters. The summed E-state index contributed by atoms with van der Waals surface area (Å²) in [4.78, 5) is 2.47. The molecule has 1 N–H and O–H groups in total. The van der Waals surface area contributed by atoms with E-state index in [2.05, 4.69) is 44.0 Å². The van der Waals surface area contributed by atoms with E-state index in [-0.39, 0.29) is 5.54 Å². The lowest BCUT2D eigenvalue weighted by Crippen LogP contribution is -2.53. The molecule has 3 heteroatoms. The van der Waals surface area contributed by atoms with E-state index in [1.54, 1.807) is 0 Å². The standard InChI is InChI=1S/C16H29N3/c1-15(2,3)13-7-9-19(10-8-13)12-16(4,11-17)18-14-5-6-14/h13-14,18H,5-10,12H2,1-4H3. The minimum absolute atomic E-state index is 0.365. The Hall–Kier alpha value is -0.590. The van der Waals surface area contributed by atoms with Crippen molar-refractivity contribution in [3.63, 3.8) is 0 Å². The number of rotatable bonds is 4. The van der Waals surface area contributed by atoms with E-state index in [9.17, 15) is 5.26 Å². The molecule has 2 fully saturated rings. The van der Waals surface area contributed by atoms with Gasteiger partial charge in [0.1, 0.15) is 5.54 Å². The summed E-state index contributed by atoms with van der Waals surface area (Å²) in [6.45, 7) is 12.3. The lowest BCUT2D eigenvalue weighted by atomic mass is 9.75. The fraction of sp³-hybridized carbons (Fsp3) is 0.938. The molecule has 1 saturated heterocycles. The van der Waals surface area contributed by atoms with Crippen LogP contribution in [0.4, 0.5) is 0 Å². The summed E-state index contributed by atoms with van der Waals surface area (Å²) in [7, 11) is 0. The largest absolute Gasteiger partial charge is 0.300 e. The van der Waals surface area contributed by atoms with Gasteiger partial charge in [-0.05, 0) is 57.0 Å². The zero-order chi connectivity index (χ0) is 14.1. The predicted molar refractivity (Wildman–Crippen MR) is 78.8 cm³/mol. The van der Waals surface area contributed by atoms with Crippen LogP contribution < -0.4 is 5.32 Å². The van der Waals surface area contributed by atoms with Gasteiger partial charge in [0.05, 0.1) is 6.07 Å². The minimum atomic E-state index is -0.365. The van der Waals surface area contributed by atoms with E-state index >= 15 is 0 Å². The fourth-order valence-corrected chi connectivity index (χ4v) is 3.20. The van der Waals surface area contributed by atoms with Crippen LogP contribution in [0.2, 0.25) is 0 Å². The van der Waals surface area contributed by atoms with Gasteiger partial charge >= 0.3 is 0 Å². The lowest BCUT2D eigenvalue weighted by Gasteiger charge is -2.41. The third-order valence-corrected chi connectivity index (χ3v) is 4.70. The van der Waals surface area contributed by atoms with Gasteiger partial charge in [0.25, 0.3) is 0 Å². The first-order valence-electron chi connectivity index (χ1n) is 7.74. The van der Waals surface area contributed by atoms with Crippen LogP contribution in [-0.4, -0.2) is 36.1 Å². The maximum absolute atomic E-state index is 9.43. The summed E-state index contributed by atoms with van der Waals surface area (Å²) in [5.74, 6) is 0.827. The van der Waals surface area contributed by atoms with Gasteiger partial charge in [-0.2, -0.15) is 5.26 Å². The van der Waals surface area contributed by atoms with Crippen molar-refractivity contribution in [2.24, 2.45) is 11.3 Å². The second-order valence-electron chi connectivity index (χ2n) is 7.78. The summed E-state index contributed by atoms with van der Waals surface area (Å²) in [6, 6.07) is 3.08. The molecule has 2 aliphatic rings. The number of hydrogen-bond donors (Lipinski definition) is 1. The molecule has 0 spiro atoms. The van der Waals surface area contributed by atoms with Crippen molar-refractivity contribution in [2.75, 3.05) is 19.6 Å². The Morgan fingerprint density at radius 3 is 2.11 bits per heavy atom. The normalized spacial score (nSPS) is 25.8. The molecule has 1 aliphatic heterocycles. The highest BCUT2D eigenvalue weighted by molar-refractivity contribution is 5.09. The highest BCUT2D eigenvalue weighted by Gasteiger charge is 2.36. The van der Waals surface area contributed by atoms with Gasteiger partial charge in [-0.25, -0.2) is 0 Å². The van der Waals surface area contributed by atoms with Gasteiger partial charge in [-0.1, -0.05) is 20.8 Å². The average Bonchev–Trinajstić information content (AvgIpc) is 3.12. The van der Waals surface area contributed by atoms with Crippen LogP contribution in [-0.2, 0) is 0 Å². The molecule has 1 saturated carbocycles. The molecule has 1 atom stereocenters. The van der Waals surface area contributed by atoms with Gasteiger partial charge < -0.3 is 4.90 Å². The molecule has 0 amide bonds. The zero-order valence-electron chi connectivity index (χ0n) is 13.0. The Morgan fingerprint density at radius 1 is 1.11 bits per heavy atom. The third kappa shape index (κ3) is 4.19. The van der Waals surface area contributed by atoms with E-state index < -0.39 is 0 Å². The molecule has 1 heterocycles. The molecule has 0 radical (unpaired) electrons. The summed E-state index contributed by atoms with van der Waals surface area (Å²) in [6.07, 6.45) is 5.02. The van der Waals surface area contributed by atoms with Crippen molar-refractivity contribution in [2.45, 2.75) is 65.0 Å². The van der Waals surface area contributed by atoms with Crippen LogP contribution in [0.5, 0.6) is 0 Å². The van der Waals surface area contributed by atoms with Gasteiger partial charge in [-0.15, -0.1) is 0 Å². The quantitative estimate of drug-likeness (QED) is 0.847. The Morgan fingerprint density at radius 2 is 1.68 bits per heavy atom. The minimum Gasteiger partial charge on any atom is -0.300 e. The average molecular weight is 263 g/mol. The van der Waals surface area contributed by atoms with Gasteiger partial charge in [0.15, 0.2) is 0 Å². The third-order valence-electron chi connectivity index (χ3n) is 4.70. The topological polar surface area (TPSA) is 39.1 Å². The highest BCUT2D eigenvalue weighted by Crippen LogP contribution is 2.34. The molecule has 0 bridgehead atoms. The van der Waals surface area contributed by atoms with E-state index in [0.717, 1.165) is 25.6 Å². The lowest BCUT2D eigenvalue weighted by molar-refractivity contribution is 0.0989. The Labute approximate surface area is 118 Å². The molecule has 0 aromatic heterocycles. The number of nitrogens with zero attached hydrogens (tertiary/aromatic N) is 2. The Balaban J connectivity index is 1.82. The smallest absolute Gasteiger partial charge is 0.116 e. The van der Waals surface area contributed by atoms with Crippen molar-refractivity contribution in [1.82, 2.24) is 10.2 Å². The number of likely N-dealkylation sites (tertiary alicyclic amines) is 1. The van der Waals surface area contributed by atoms with Gasteiger partial charge in [0.2, 0.25) is 0 Å². The van der Waals surface area contributed by atoms with E-state index in [1.807, 2.05) is 0 Å². The fourth-order valence-electron chi connectivity index (χ4n) is 3.20.